The van der Waals surface area contributed by atoms with E-state index in [1.54, 1.807) is 72.7 Å². The van der Waals surface area contributed by atoms with Gasteiger partial charge in [-0.1, -0.05) is 38.1 Å². The zero-order chi connectivity index (χ0) is 37.8. The molecule has 12 nitrogen and oxygen atoms in total. The molecule has 1 aromatic heterocycles. The summed E-state index contributed by atoms with van der Waals surface area (Å²) in [5.74, 6) is -0.257. The van der Waals surface area contributed by atoms with Crippen LogP contribution in [0.2, 0.25) is 0 Å². The molecule has 0 fully saturated rings. The van der Waals surface area contributed by atoms with E-state index in [4.69, 9.17) is 14.2 Å². The first-order chi connectivity index (χ1) is 24.2. The zero-order valence-electron chi connectivity index (χ0n) is 31.2. The largest absolute Gasteiger partial charge is 0.501 e. The molecule has 51 heavy (non-hydrogen) atoms. The molecule has 3 aromatic rings. The van der Waals surface area contributed by atoms with Gasteiger partial charge in [0.1, 0.15) is 34.6 Å². The predicted molar refractivity (Wildman–Crippen MR) is 197 cm³/mol. The number of ether oxygens (including phenoxy) is 3. The number of nitrogens with zero attached hydrogens (tertiary/aromatic N) is 4. The Morgan fingerprint density at radius 1 is 0.784 bits per heavy atom. The fourth-order valence-corrected chi connectivity index (χ4v) is 6.35. The second-order valence-electron chi connectivity index (χ2n) is 12.7. The Morgan fingerprint density at radius 2 is 1.31 bits per heavy atom. The van der Waals surface area contributed by atoms with Crippen LogP contribution in [0, 0.1) is 5.92 Å². The van der Waals surface area contributed by atoms with Crippen molar-refractivity contribution in [3.05, 3.63) is 88.1 Å². The highest BCUT2D eigenvalue weighted by Crippen LogP contribution is 2.23. The van der Waals surface area contributed by atoms with E-state index in [2.05, 4.69) is 10.3 Å². The first kappa shape index (κ1) is 40.5. The molecule has 0 saturated heterocycles. The van der Waals surface area contributed by atoms with E-state index >= 15 is 0 Å². The molecule has 0 unspecified atom stereocenters. The number of benzene rings is 2. The van der Waals surface area contributed by atoms with Crippen LogP contribution < -0.4 is 14.8 Å². The Morgan fingerprint density at radius 3 is 1.76 bits per heavy atom. The van der Waals surface area contributed by atoms with Crippen LogP contribution in [0.4, 0.5) is 0 Å². The summed E-state index contributed by atoms with van der Waals surface area (Å²) in [6.07, 6.45) is 3.40. The van der Waals surface area contributed by atoms with Crippen LogP contribution in [0.5, 0.6) is 11.5 Å². The summed E-state index contributed by atoms with van der Waals surface area (Å²) < 4.78 is 15.8. The van der Waals surface area contributed by atoms with Crippen molar-refractivity contribution in [2.45, 2.75) is 64.7 Å². The number of nitrogens with one attached hydrogen (secondary N) is 1. The van der Waals surface area contributed by atoms with E-state index in [9.17, 15) is 19.2 Å². The standard InChI is InChI=1S/C38H51N5O7S/c1-24(2)34(43(7)37(46)32(41(5)33(44)21-25(3)48-8)23-28-13-17-30(50-10)18-14-28)38(47)42(6)31(22-27-11-15-29(49-9)16-12-27)35(45)40-26(4)36-39-19-20-51-36/h11-21,24,26,31-32,34H,22-23H2,1-10H3,(H,40,45)/t26-,31-,32-,34-/m0/s1. The number of carbonyl (C=O) groups excluding carboxylic acids is 4. The highest BCUT2D eigenvalue weighted by molar-refractivity contribution is 7.09. The van der Waals surface area contributed by atoms with Gasteiger partial charge in [-0.05, 0) is 55.2 Å². The summed E-state index contributed by atoms with van der Waals surface area (Å²) in [7, 11) is 9.31. The number of rotatable bonds is 17. The second kappa shape index (κ2) is 18.9. The Hall–Kier alpha value is -4.91. The van der Waals surface area contributed by atoms with Gasteiger partial charge < -0.3 is 34.2 Å². The van der Waals surface area contributed by atoms with E-state index < -0.39 is 35.8 Å². The molecule has 0 saturated carbocycles. The second-order valence-corrected chi connectivity index (χ2v) is 13.7. The van der Waals surface area contributed by atoms with Crippen molar-refractivity contribution in [2.75, 3.05) is 42.5 Å². The molecule has 1 N–H and O–H groups in total. The van der Waals surface area contributed by atoms with Gasteiger partial charge in [0.05, 0.1) is 33.1 Å². The average molecular weight is 722 g/mol. The number of aromatic nitrogens is 1. The number of allylic oxidation sites excluding steroid dienone is 1. The van der Waals surface area contributed by atoms with Gasteiger partial charge in [-0.25, -0.2) is 4.98 Å². The first-order valence-corrected chi connectivity index (χ1v) is 17.6. The van der Waals surface area contributed by atoms with Gasteiger partial charge in [-0.2, -0.15) is 0 Å². The third-order valence-electron chi connectivity index (χ3n) is 8.87. The van der Waals surface area contributed by atoms with Crippen LogP contribution in [0.25, 0.3) is 0 Å². The van der Waals surface area contributed by atoms with E-state index in [0.717, 1.165) is 16.1 Å². The minimum Gasteiger partial charge on any atom is -0.501 e. The molecule has 1 heterocycles. The summed E-state index contributed by atoms with van der Waals surface area (Å²) >= 11 is 1.43. The van der Waals surface area contributed by atoms with E-state index in [1.165, 1.54) is 39.2 Å². The predicted octanol–water partition coefficient (Wildman–Crippen LogP) is 4.51. The molecule has 0 aliphatic heterocycles. The molecule has 4 amide bonds. The maximum Gasteiger partial charge on any atom is 0.250 e. The van der Waals surface area contributed by atoms with Gasteiger partial charge in [0.15, 0.2) is 0 Å². The van der Waals surface area contributed by atoms with Gasteiger partial charge in [0, 0.05) is 51.6 Å². The van der Waals surface area contributed by atoms with E-state index in [1.807, 2.05) is 50.4 Å². The first-order valence-electron chi connectivity index (χ1n) is 16.7. The number of amides is 4. The number of hydrogen-bond acceptors (Lipinski definition) is 9. The minimum atomic E-state index is -0.964. The van der Waals surface area contributed by atoms with Gasteiger partial charge in [0.25, 0.3) is 0 Å². The van der Waals surface area contributed by atoms with Gasteiger partial charge in [-0.3, -0.25) is 19.2 Å². The lowest BCUT2D eigenvalue weighted by Gasteiger charge is -2.39. The molecule has 276 valence electrons. The SMILES string of the molecule is COC(C)=CC(=O)N(C)[C@@H](Cc1ccc(OC)cc1)C(=O)N(C)[C@H](C(=O)N(C)[C@@H](Cc1ccc(OC)cc1)C(=O)N[C@@H](C)c1nccs1)C(C)C. The normalized spacial score (nSPS) is 13.7. The van der Waals surface area contributed by atoms with Crippen molar-refractivity contribution in [1.29, 1.82) is 0 Å². The van der Waals surface area contributed by atoms with Crippen molar-refractivity contribution in [1.82, 2.24) is 25.0 Å². The monoisotopic (exact) mass is 721 g/mol. The van der Waals surface area contributed by atoms with Gasteiger partial charge in [0.2, 0.25) is 23.6 Å². The summed E-state index contributed by atoms with van der Waals surface area (Å²) in [5, 5.41) is 5.60. The molecule has 0 radical (unpaired) electrons. The number of carbonyl (C=O) groups is 4. The summed E-state index contributed by atoms with van der Waals surface area (Å²) in [6, 6.07) is 11.3. The van der Waals surface area contributed by atoms with Crippen LogP contribution >= 0.6 is 11.3 Å². The highest BCUT2D eigenvalue weighted by Gasteiger charge is 2.40. The molecule has 0 spiro atoms. The lowest BCUT2D eigenvalue weighted by Crippen LogP contribution is -2.59. The Labute approximate surface area is 305 Å². The number of hydrogen-bond donors (Lipinski definition) is 1. The maximum atomic E-state index is 14.5. The van der Waals surface area contributed by atoms with Crippen LogP contribution in [0.3, 0.4) is 0 Å². The van der Waals surface area contributed by atoms with Gasteiger partial charge >= 0.3 is 0 Å². The van der Waals surface area contributed by atoms with Gasteiger partial charge in [-0.15, -0.1) is 11.3 Å². The van der Waals surface area contributed by atoms with Crippen LogP contribution in [-0.4, -0.2) is 104 Å². The summed E-state index contributed by atoms with van der Waals surface area (Å²) in [6.45, 7) is 7.19. The number of thiazole rings is 1. The quantitative estimate of drug-likeness (QED) is 0.159. The Kier molecular flexibility index (Phi) is 15.0. The van der Waals surface area contributed by atoms with Crippen molar-refractivity contribution >= 4 is 35.0 Å². The molecule has 4 atom stereocenters. The molecule has 2 aromatic carbocycles. The molecule has 13 heteroatoms. The molecule has 3 rings (SSSR count). The van der Waals surface area contributed by atoms with E-state index in [0.29, 0.717) is 17.3 Å². The fraction of sp³-hybridized carbons (Fsp3) is 0.447. The van der Waals surface area contributed by atoms with Crippen molar-refractivity contribution in [3.8, 4) is 11.5 Å². The highest BCUT2D eigenvalue weighted by atomic mass is 32.1. The third kappa shape index (κ3) is 10.8. The third-order valence-corrected chi connectivity index (χ3v) is 9.83. The lowest BCUT2D eigenvalue weighted by atomic mass is 9.96. The lowest BCUT2D eigenvalue weighted by molar-refractivity contribution is -0.152. The van der Waals surface area contributed by atoms with Crippen LogP contribution in [0.15, 0.2) is 71.9 Å². The number of likely N-dealkylation sites (N-methyl/N-ethyl adjacent to an activating group) is 3. The fourth-order valence-electron chi connectivity index (χ4n) is 5.71. The average Bonchev–Trinajstić information content (AvgIpc) is 3.68. The van der Waals surface area contributed by atoms with Crippen LogP contribution in [0.1, 0.15) is 49.9 Å². The molecular weight excluding hydrogens is 671 g/mol. The smallest absolute Gasteiger partial charge is 0.250 e. The number of methoxy groups -OCH3 is 3. The maximum absolute atomic E-state index is 14.5. The molecule has 0 bridgehead atoms. The van der Waals surface area contributed by atoms with Crippen LogP contribution in [-0.2, 0) is 36.8 Å². The Balaban J connectivity index is 1.97. The topological polar surface area (TPSA) is 131 Å². The van der Waals surface area contributed by atoms with Crippen molar-refractivity contribution in [3.63, 3.8) is 0 Å². The van der Waals surface area contributed by atoms with Crippen molar-refractivity contribution in [2.24, 2.45) is 5.92 Å². The summed E-state index contributed by atoms with van der Waals surface area (Å²) in [5.41, 5.74) is 1.62. The molecule has 0 aliphatic rings. The molecule has 0 aliphatic carbocycles. The Bertz CT molecular complexity index is 1630. The van der Waals surface area contributed by atoms with E-state index in [-0.39, 0.29) is 30.7 Å². The molecular formula is C38H51N5O7S. The minimum absolute atomic E-state index is 0.182. The van der Waals surface area contributed by atoms with Crippen molar-refractivity contribution < 1.29 is 33.4 Å². The zero-order valence-corrected chi connectivity index (χ0v) is 32.0. The summed E-state index contributed by atoms with van der Waals surface area (Å²) in [4.78, 5) is 64.8.